The van der Waals surface area contributed by atoms with Gasteiger partial charge in [0.1, 0.15) is 0 Å². The highest BCUT2D eigenvalue weighted by Gasteiger charge is 2.24. The molecule has 0 spiro atoms. The summed E-state index contributed by atoms with van der Waals surface area (Å²) < 4.78 is 11.0. The summed E-state index contributed by atoms with van der Waals surface area (Å²) in [5.74, 6) is 3.47. The standard InChI is InChI=1S/C16H23NO2/c1-11-6-12(2)8-14(7-11)17-9-13-4-3-5-15-16(13)19-10-18-15/h3-5,11-12,14,17H,6-10H2,1-2H3. The number of nitrogens with one attached hydrogen (secondary N) is 1. The van der Waals surface area contributed by atoms with E-state index in [2.05, 4.69) is 25.2 Å². The monoisotopic (exact) mass is 261 g/mol. The van der Waals surface area contributed by atoms with Gasteiger partial charge in [0.05, 0.1) is 0 Å². The third kappa shape index (κ3) is 2.86. The second kappa shape index (κ2) is 5.41. The van der Waals surface area contributed by atoms with Gasteiger partial charge in [0.2, 0.25) is 6.79 Å². The summed E-state index contributed by atoms with van der Waals surface area (Å²) >= 11 is 0. The Bertz CT molecular complexity index is 436. The fourth-order valence-electron chi connectivity index (χ4n) is 3.50. The quantitative estimate of drug-likeness (QED) is 0.905. The Morgan fingerprint density at radius 1 is 1.11 bits per heavy atom. The number of para-hydroxylation sites is 1. The molecule has 1 N–H and O–H groups in total. The molecule has 0 aromatic heterocycles. The first kappa shape index (κ1) is 12.8. The molecule has 1 fully saturated rings. The van der Waals surface area contributed by atoms with Crippen molar-refractivity contribution < 1.29 is 9.47 Å². The fourth-order valence-corrected chi connectivity index (χ4v) is 3.50. The number of benzene rings is 1. The number of ether oxygens (including phenoxy) is 2. The second-order valence-corrected chi connectivity index (χ2v) is 6.15. The van der Waals surface area contributed by atoms with Crippen molar-refractivity contribution in [1.29, 1.82) is 0 Å². The molecule has 1 aliphatic heterocycles. The highest BCUT2D eigenvalue weighted by atomic mass is 16.7. The molecule has 2 aliphatic rings. The van der Waals surface area contributed by atoms with Crippen LogP contribution in [0.15, 0.2) is 18.2 Å². The molecule has 3 nitrogen and oxygen atoms in total. The molecule has 1 aromatic rings. The van der Waals surface area contributed by atoms with E-state index in [1.165, 1.54) is 24.8 Å². The number of rotatable bonds is 3. The lowest BCUT2D eigenvalue weighted by Crippen LogP contribution is -2.35. The number of hydrogen-bond acceptors (Lipinski definition) is 3. The first-order valence-electron chi connectivity index (χ1n) is 7.33. The Morgan fingerprint density at radius 2 is 1.89 bits per heavy atom. The van der Waals surface area contributed by atoms with E-state index in [0.29, 0.717) is 12.8 Å². The number of hydrogen-bond donors (Lipinski definition) is 1. The number of fused-ring (bicyclic) bond motifs is 1. The first-order valence-corrected chi connectivity index (χ1v) is 7.33. The SMILES string of the molecule is CC1CC(C)CC(NCc2cccc3c2OCO3)C1. The minimum atomic E-state index is 0.351. The third-order valence-electron chi connectivity index (χ3n) is 4.24. The maximum Gasteiger partial charge on any atom is 0.231 e. The Kier molecular flexibility index (Phi) is 3.65. The van der Waals surface area contributed by atoms with E-state index in [1.807, 2.05) is 12.1 Å². The predicted molar refractivity (Wildman–Crippen MR) is 75.4 cm³/mol. The van der Waals surface area contributed by atoms with Crippen molar-refractivity contribution in [3.05, 3.63) is 23.8 Å². The molecule has 0 saturated heterocycles. The van der Waals surface area contributed by atoms with Crippen molar-refractivity contribution in [1.82, 2.24) is 5.32 Å². The lowest BCUT2D eigenvalue weighted by atomic mass is 9.80. The van der Waals surface area contributed by atoms with Crippen LogP contribution in [0.3, 0.4) is 0 Å². The fraction of sp³-hybridized carbons (Fsp3) is 0.625. The zero-order chi connectivity index (χ0) is 13.2. The Morgan fingerprint density at radius 3 is 2.68 bits per heavy atom. The Balaban J connectivity index is 1.62. The normalized spacial score (nSPS) is 29.5. The van der Waals surface area contributed by atoms with Crippen LogP contribution >= 0.6 is 0 Å². The average Bonchev–Trinajstić information content (AvgIpc) is 2.83. The molecule has 0 amide bonds. The molecule has 1 aliphatic carbocycles. The summed E-state index contributed by atoms with van der Waals surface area (Å²) in [5, 5.41) is 3.69. The Labute approximate surface area is 115 Å². The zero-order valence-electron chi connectivity index (χ0n) is 11.8. The lowest BCUT2D eigenvalue weighted by molar-refractivity contribution is 0.173. The van der Waals surface area contributed by atoms with Crippen LogP contribution in [-0.2, 0) is 6.54 Å². The van der Waals surface area contributed by atoms with Gasteiger partial charge < -0.3 is 14.8 Å². The minimum absolute atomic E-state index is 0.351. The molecule has 3 rings (SSSR count). The molecule has 0 radical (unpaired) electrons. The van der Waals surface area contributed by atoms with Gasteiger partial charge in [-0.3, -0.25) is 0 Å². The van der Waals surface area contributed by atoms with Crippen molar-refractivity contribution in [2.75, 3.05) is 6.79 Å². The maximum atomic E-state index is 5.55. The maximum absolute atomic E-state index is 5.55. The predicted octanol–water partition coefficient (Wildman–Crippen LogP) is 3.33. The summed E-state index contributed by atoms with van der Waals surface area (Å²) in [6.45, 7) is 5.95. The summed E-state index contributed by atoms with van der Waals surface area (Å²) in [5.41, 5.74) is 1.21. The Hall–Kier alpha value is -1.22. The van der Waals surface area contributed by atoms with Crippen LogP contribution in [-0.4, -0.2) is 12.8 Å². The summed E-state index contributed by atoms with van der Waals surface area (Å²) in [6, 6.07) is 6.76. The third-order valence-corrected chi connectivity index (χ3v) is 4.24. The molecule has 3 heteroatoms. The van der Waals surface area contributed by atoms with Crippen LogP contribution in [0.5, 0.6) is 11.5 Å². The first-order chi connectivity index (χ1) is 9.22. The molecular formula is C16H23NO2. The molecule has 2 unspecified atom stereocenters. The summed E-state index contributed by atoms with van der Waals surface area (Å²) in [7, 11) is 0. The van der Waals surface area contributed by atoms with E-state index in [9.17, 15) is 0 Å². The van der Waals surface area contributed by atoms with Gasteiger partial charge in [-0.05, 0) is 37.2 Å². The second-order valence-electron chi connectivity index (χ2n) is 6.15. The zero-order valence-corrected chi connectivity index (χ0v) is 11.8. The van der Waals surface area contributed by atoms with E-state index in [-0.39, 0.29) is 0 Å². The van der Waals surface area contributed by atoms with E-state index >= 15 is 0 Å². The van der Waals surface area contributed by atoms with Gasteiger partial charge in [0, 0.05) is 18.2 Å². The van der Waals surface area contributed by atoms with Crippen molar-refractivity contribution in [2.24, 2.45) is 11.8 Å². The minimum Gasteiger partial charge on any atom is -0.454 e. The van der Waals surface area contributed by atoms with E-state index in [1.54, 1.807) is 0 Å². The van der Waals surface area contributed by atoms with Gasteiger partial charge in [-0.2, -0.15) is 0 Å². The van der Waals surface area contributed by atoms with Crippen molar-refractivity contribution >= 4 is 0 Å². The highest BCUT2D eigenvalue weighted by molar-refractivity contribution is 5.48. The van der Waals surface area contributed by atoms with Crippen LogP contribution in [0.4, 0.5) is 0 Å². The van der Waals surface area contributed by atoms with E-state index < -0.39 is 0 Å². The molecule has 1 heterocycles. The van der Waals surface area contributed by atoms with Gasteiger partial charge in [0.25, 0.3) is 0 Å². The molecule has 2 atom stereocenters. The van der Waals surface area contributed by atoms with E-state index in [0.717, 1.165) is 29.9 Å². The highest BCUT2D eigenvalue weighted by Crippen LogP contribution is 2.35. The van der Waals surface area contributed by atoms with Crippen molar-refractivity contribution in [3.63, 3.8) is 0 Å². The molecular weight excluding hydrogens is 238 g/mol. The summed E-state index contributed by atoms with van der Waals surface area (Å²) in [6.07, 6.45) is 3.95. The average molecular weight is 261 g/mol. The van der Waals surface area contributed by atoms with Gasteiger partial charge in [0.15, 0.2) is 11.5 Å². The molecule has 19 heavy (non-hydrogen) atoms. The van der Waals surface area contributed by atoms with Gasteiger partial charge in [-0.25, -0.2) is 0 Å². The van der Waals surface area contributed by atoms with Crippen LogP contribution in [0.2, 0.25) is 0 Å². The van der Waals surface area contributed by atoms with Crippen molar-refractivity contribution in [2.45, 2.75) is 45.7 Å². The summed E-state index contributed by atoms with van der Waals surface area (Å²) in [4.78, 5) is 0. The van der Waals surface area contributed by atoms with Crippen LogP contribution in [0.25, 0.3) is 0 Å². The molecule has 0 bridgehead atoms. The van der Waals surface area contributed by atoms with Crippen LogP contribution in [0, 0.1) is 11.8 Å². The molecule has 1 saturated carbocycles. The van der Waals surface area contributed by atoms with Crippen LogP contribution < -0.4 is 14.8 Å². The van der Waals surface area contributed by atoms with Gasteiger partial charge in [-0.15, -0.1) is 0 Å². The van der Waals surface area contributed by atoms with Gasteiger partial charge in [-0.1, -0.05) is 26.0 Å². The van der Waals surface area contributed by atoms with Crippen molar-refractivity contribution in [3.8, 4) is 11.5 Å². The largest absolute Gasteiger partial charge is 0.454 e. The smallest absolute Gasteiger partial charge is 0.231 e. The molecule has 1 aromatic carbocycles. The van der Waals surface area contributed by atoms with Gasteiger partial charge >= 0.3 is 0 Å². The topological polar surface area (TPSA) is 30.5 Å². The van der Waals surface area contributed by atoms with Crippen LogP contribution in [0.1, 0.15) is 38.7 Å². The van der Waals surface area contributed by atoms with E-state index in [4.69, 9.17) is 9.47 Å². The molecule has 104 valence electrons. The lowest BCUT2D eigenvalue weighted by Gasteiger charge is -2.32.